The van der Waals surface area contributed by atoms with E-state index >= 15 is 0 Å². The standard InChI is InChI=1S/C15H20N6O5/c1-20-14(25)11(22)10(13(24)18-9-5-17-26-7-9)19-15(20)21-4-2-3-8(6-21)12(16)23/h5,7-8,14,22,25H,2-4,6H2,1H3,(H2,16,23)(H,18,24)/t8-,14?/m0/s1. The van der Waals surface area contributed by atoms with Gasteiger partial charge in [0, 0.05) is 20.1 Å². The lowest BCUT2D eigenvalue weighted by Crippen LogP contribution is -2.54. The quantitative estimate of drug-likeness (QED) is 0.543. The molecule has 26 heavy (non-hydrogen) atoms. The van der Waals surface area contributed by atoms with E-state index in [4.69, 9.17) is 5.73 Å². The molecule has 0 saturated carbocycles. The van der Waals surface area contributed by atoms with E-state index in [1.165, 1.54) is 24.4 Å². The summed E-state index contributed by atoms with van der Waals surface area (Å²) in [7, 11) is 1.53. The van der Waals surface area contributed by atoms with Crippen molar-refractivity contribution >= 4 is 23.5 Å². The van der Waals surface area contributed by atoms with Gasteiger partial charge in [-0.2, -0.15) is 0 Å². The van der Waals surface area contributed by atoms with E-state index in [-0.39, 0.29) is 23.3 Å². The van der Waals surface area contributed by atoms with Crippen molar-refractivity contribution in [1.82, 2.24) is 15.0 Å². The third kappa shape index (κ3) is 3.33. The number of amides is 2. The summed E-state index contributed by atoms with van der Waals surface area (Å²) in [6, 6.07) is 0. The van der Waals surface area contributed by atoms with Crippen molar-refractivity contribution in [2.24, 2.45) is 16.6 Å². The van der Waals surface area contributed by atoms with Gasteiger partial charge in [-0.15, -0.1) is 0 Å². The molecule has 11 nitrogen and oxygen atoms in total. The third-order valence-corrected chi connectivity index (χ3v) is 4.39. The fourth-order valence-electron chi connectivity index (χ4n) is 2.96. The predicted molar refractivity (Wildman–Crippen MR) is 89.5 cm³/mol. The van der Waals surface area contributed by atoms with Gasteiger partial charge in [0.1, 0.15) is 12.0 Å². The van der Waals surface area contributed by atoms with Crippen LogP contribution < -0.4 is 11.1 Å². The molecule has 3 rings (SSSR count). The van der Waals surface area contributed by atoms with Crippen LogP contribution >= 0.6 is 0 Å². The fourth-order valence-corrected chi connectivity index (χ4v) is 2.96. The van der Waals surface area contributed by atoms with Crippen molar-refractivity contribution in [3.05, 3.63) is 23.9 Å². The number of aliphatic hydroxyl groups excluding tert-OH is 2. The zero-order valence-corrected chi connectivity index (χ0v) is 14.1. The van der Waals surface area contributed by atoms with Gasteiger partial charge in [0.05, 0.1) is 12.1 Å². The number of likely N-dealkylation sites (tertiary alicyclic amines) is 1. The first-order chi connectivity index (χ1) is 12.4. The first-order valence-corrected chi connectivity index (χ1v) is 8.06. The number of primary amides is 1. The minimum atomic E-state index is -1.44. The number of carbonyl (C=O) groups excluding carboxylic acids is 2. The number of aliphatic hydroxyl groups is 2. The van der Waals surface area contributed by atoms with Crippen molar-refractivity contribution in [3.63, 3.8) is 0 Å². The van der Waals surface area contributed by atoms with Gasteiger partial charge < -0.3 is 35.6 Å². The highest BCUT2D eigenvalue weighted by molar-refractivity contribution is 6.06. The number of guanidine groups is 1. The molecule has 1 unspecified atom stereocenters. The molecule has 0 aliphatic carbocycles. The highest BCUT2D eigenvalue weighted by Crippen LogP contribution is 2.24. The summed E-state index contributed by atoms with van der Waals surface area (Å²) in [6.07, 6.45) is 2.45. The average Bonchev–Trinajstić information content (AvgIpc) is 3.13. The molecule has 2 amide bonds. The summed E-state index contributed by atoms with van der Waals surface area (Å²) in [5.41, 5.74) is 5.36. The van der Waals surface area contributed by atoms with Crippen molar-refractivity contribution < 1.29 is 24.3 Å². The lowest BCUT2D eigenvalue weighted by molar-refractivity contribution is -0.123. The summed E-state index contributed by atoms with van der Waals surface area (Å²) in [5, 5.41) is 26.4. The summed E-state index contributed by atoms with van der Waals surface area (Å²) < 4.78 is 4.63. The number of rotatable bonds is 3. The lowest BCUT2D eigenvalue weighted by Gasteiger charge is -2.40. The minimum Gasteiger partial charge on any atom is -0.506 e. The molecule has 2 aliphatic heterocycles. The van der Waals surface area contributed by atoms with Crippen LogP contribution in [0, 0.1) is 5.92 Å². The number of nitrogens with two attached hydrogens (primary N) is 1. The summed E-state index contributed by atoms with van der Waals surface area (Å²) in [6.45, 7) is 0.910. The Hall–Kier alpha value is -3.08. The van der Waals surface area contributed by atoms with E-state index in [9.17, 15) is 19.8 Å². The number of piperidine rings is 1. The van der Waals surface area contributed by atoms with Gasteiger partial charge in [-0.25, -0.2) is 4.99 Å². The summed E-state index contributed by atoms with van der Waals surface area (Å²) in [5.74, 6) is -1.77. The second-order valence-electron chi connectivity index (χ2n) is 6.18. The molecule has 0 radical (unpaired) electrons. The van der Waals surface area contributed by atoms with Crippen molar-refractivity contribution in [2.45, 2.75) is 19.1 Å². The van der Waals surface area contributed by atoms with Gasteiger partial charge in [0.25, 0.3) is 5.91 Å². The maximum atomic E-state index is 12.4. The Morgan fingerprint density at radius 2 is 2.23 bits per heavy atom. The van der Waals surface area contributed by atoms with Crippen molar-refractivity contribution in [3.8, 4) is 0 Å². The number of hydrogen-bond acceptors (Lipinski definition) is 9. The van der Waals surface area contributed by atoms with Crippen LogP contribution in [-0.4, -0.2) is 69.3 Å². The largest absolute Gasteiger partial charge is 0.506 e. The fraction of sp³-hybridized carbons (Fsp3) is 0.467. The Morgan fingerprint density at radius 3 is 2.88 bits per heavy atom. The monoisotopic (exact) mass is 364 g/mol. The third-order valence-electron chi connectivity index (χ3n) is 4.39. The number of carbonyl (C=O) groups is 2. The van der Waals surface area contributed by atoms with Crippen LogP contribution in [0.3, 0.4) is 0 Å². The van der Waals surface area contributed by atoms with Crippen LogP contribution in [0.4, 0.5) is 5.69 Å². The topological polar surface area (TPSA) is 158 Å². The molecular weight excluding hydrogens is 344 g/mol. The molecule has 0 spiro atoms. The van der Waals surface area contributed by atoms with Gasteiger partial charge in [0.15, 0.2) is 17.7 Å². The van der Waals surface area contributed by atoms with Crippen LogP contribution in [-0.2, 0) is 9.59 Å². The highest BCUT2D eigenvalue weighted by atomic mass is 16.5. The zero-order valence-electron chi connectivity index (χ0n) is 14.1. The molecule has 3 heterocycles. The van der Waals surface area contributed by atoms with Crippen LogP contribution in [0.5, 0.6) is 0 Å². The number of nitrogens with zero attached hydrogens (tertiary/aromatic N) is 4. The van der Waals surface area contributed by atoms with Crippen LogP contribution in [0.1, 0.15) is 12.8 Å². The maximum absolute atomic E-state index is 12.4. The normalized spacial score (nSPS) is 23.7. The zero-order chi connectivity index (χ0) is 18.8. The highest BCUT2D eigenvalue weighted by Gasteiger charge is 2.36. The molecule has 140 valence electrons. The van der Waals surface area contributed by atoms with Crippen molar-refractivity contribution in [1.29, 1.82) is 0 Å². The molecule has 2 atom stereocenters. The minimum absolute atomic E-state index is 0.275. The smallest absolute Gasteiger partial charge is 0.278 e. The number of hydrogen-bond donors (Lipinski definition) is 4. The summed E-state index contributed by atoms with van der Waals surface area (Å²) in [4.78, 5) is 31.2. The Labute approximate surface area is 148 Å². The molecule has 5 N–H and O–H groups in total. The first-order valence-electron chi connectivity index (χ1n) is 8.06. The average molecular weight is 364 g/mol. The van der Waals surface area contributed by atoms with E-state index in [0.29, 0.717) is 25.9 Å². The molecule has 1 aromatic heterocycles. The molecule has 0 bridgehead atoms. The van der Waals surface area contributed by atoms with E-state index in [1.807, 2.05) is 0 Å². The predicted octanol–water partition coefficient (Wildman–Crippen LogP) is -0.800. The first kappa shape index (κ1) is 17.7. The Bertz CT molecular complexity index is 759. The Kier molecular flexibility index (Phi) is 4.80. The van der Waals surface area contributed by atoms with Crippen LogP contribution in [0.15, 0.2) is 33.4 Å². The molecule has 1 fully saturated rings. The maximum Gasteiger partial charge on any atom is 0.278 e. The van der Waals surface area contributed by atoms with Crippen molar-refractivity contribution in [2.75, 3.05) is 25.5 Å². The van der Waals surface area contributed by atoms with Crippen LogP contribution in [0.25, 0.3) is 0 Å². The number of likely N-dealkylation sites (N-methyl/N-ethyl adjacent to an activating group) is 1. The number of nitrogens with one attached hydrogen (secondary N) is 1. The second-order valence-corrected chi connectivity index (χ2v) is 6.18. The van der Waals surface area contributed by atoms with Crippen LogP contribution in [0.2, 0.25) is 0 Å². The van der Waals surface area contributed by atoms with E-state index in [0.717, 1.165) is 0 Å². The van der Waals surface area contributed by atoms with Gasteiger partial charge in [0.2, 0.25) is 11.9 Å². The van der Waals surface area contributed by atoms with E-state index in [1.54, 1.807) is 4.90 Å². The van der Waals surface area contributed by atoms with E-state index < -0.39 is 23.8 Å². The lowest BCUT2D eigenvalue weighted by atomic mass is 9.97. The summed E-state index contributed by atoms with van der Waals surface area (Å²) >= 11 is 0. The molecule has 11 heteroatoms. The van der Waals surface area contributed by atoms with Gasteiger partial charge >= 0.3 is 0 Å². The van der Waals surface area contributed by atoms with Gasteiger partial charge in [-0.1, -0.05) is 5.16 Å². The molecule has 0 aromatic carbocycles. The number of aliphatic imine (C=N–C) groups is 1. The van der Waals surface area contributed by atoms with Gasteiger partial charge in [-0.05, 0) is 12.8 Å². The molecule has 1 saturated heterocycles. The molecular formula is C15H20N6O5. The second kappa shape index (κ2) is 7.04. The molecule has 1 aromatic rings. The van der Waals surface area contributed by atoms with E-state index in [2.05, 4.69) is 20.0 Å². The SMILES string of the molecule is CN1C(N2CCC[C@H](C(N)=O)C2)=NC(C(=O)Nc2cnoc2)=C(O)C1O. The number of aromatic nitrogens is 1. The Balaban J connectivity index is 1.86. The Morgan fingerprint density at radius 1 is 1.46 bits per heavy atom. The van der Waals surface area contributed by atoms with Gasteiger partial charge in [-0.3, -0.25) is 9.59 Å². The molecule has 2 aliphatic rings. The number of anilines is 1.